The smallest absolute Gasteiger partial charge is 0.462 e. The molecule has 1 heterocycles. The maximum absolute atomic E-state index is 12.6. The van der Waals surface area contributed by atoms with E-state index in [1.165, 1.54) is 0 Å². The predicted octanol–water partition coefficient (Wildman–Crippen LogP) is 7.82. The highest BCUT2D eigenvalue weighted by molar-refractivity contribution is 7.47. The van der Waals surface area contributed by atoms with E-state index in [9.17, 15) is 34.4 Å². The van der Waals surface area contributed by atoms with E-state index in [0.29, 0.717) is 32.1 Å². The molecule has 1 aliphatic rings. The van der Waals surface area contributed by atoms with Gasteiger partial charge in [-0.25, -0.2) is 4.57 Å². The first-order valence-corrected chi connectivity index (χ1v) is 22.7. The van der Waals surface area contributed by atoms with Crippen LogP contribution in [0.2, 0.25) is 0 Å². The lowest BCUT2D eigenvalue weighted by Gasteiger charge is -2.36. The Hall–Kier alpha value is -2.45. The van der Waals surface area contributed by atoms with Gasteiger partial charge in [0.2, 0.25) is 0 Å². The molecule has 0 aromatic heterocycles. The standard InChI is InChI=1S/C43H74NO12P/c1-3-5-7-8-9-10-11-12-13-14-15-16-17-18-24-28-42(48)55-37(35-54-57(50,51)53-32-31-44)34-52-41(47)27-23-20-19-22-26-38-39(46)33-43(49)56-40(38)30-29-36(45)25-21-6-4-2/h5,7,9-10,12-13,19,22,29-30,36-40,43,45-46,49H,3-4,6,8,11,14-18,20-21,23-28,31-35,44H2,1-2H3,(H,50,51)/b7-5-,10-9-,13-12-,22-19-,30-29+/t36-,37+,38-,39-,40+,43?/m0/s1. The third-order valence-electron chi connectivity index (χ3n) is 9.18. The number of aliphatic hydroxyl groups is 3. The van der Waals surface area contributed by atoms with Crippen LogP contribution in [0.25, 0.3) is 0 Å². The van der Waals surface area contributed by atoms with Gasteiger partial charge in [-0.3, -0.25) is 18.6 Å². The largest absolute Gasteiger partial charge is 0.472 e. The number of carbonyl (C=O) groups is 2. The minimum atomic E-state index is -4.45. The molecule has 1 rings (SSSR count). The number of hydrogen-bond acceptors (Lipinski definition) is 12. The third-order valence-corrected chi connectivity index (χ3v) is 10.2. The number of allylic oxidation sites excluding steroid dienone is 8. The quantitative estimate of drug-likeness (QED) is 0.0182. The maximum atomic E-state index is 12.6. The van der Waals surface area contributed by atoms with Gasteiger partial charge in [0.1, 0.15) is 6.61 Å². The molecule has 328 valence electrons. The number of esters is 2. The molecular weight excluding hydrogens is 753 g/mol. The summed E-state index contributed by atoms with van der Waals surface area (Å²) in [6.45, 7) is 3.16. The predicted molar refractivity (Wildman–Crippen MR) is 223 cm³/mol. The summed E-state index contributed by atoms with van der Waals surface area (Å²) < 4.78 is 38.4. The van der Waals surface area contributed by atoms with Gasteiger partial charge >= 0.3 is 19.8 Å². The highest BCUT2D eigenvalue weighted by Gasteiger charge is 2.35. The lowest BCUT2D eigenvalue weighted by molar-refractivity contribution is -0.199. The summed E-state index contributed by atoms with van der Waals surface area (Å²) in [5.74, 6) is -1.36. The van der Waals surface area contributed by atoms with Gasteiger partial charge in [0.05, 0.1) is 31.5 Å². The van der Waals surface area contributed by atoms with E-state index in [1.54, 1.807) is 12.2 Å². The number of hydrogen-bond donors (Lipinski definition) is 5. The lowest BCUT2D eigenvalue weighted by atomic mass is 9.87. The van der Waals surface area contributed by atoms with Gasteiger partial charge in [0.15, 0.2) is 12.4 Å². The van der Waals surface area contributed by atoms with Crippen molar-refractivity contribution in [2.24, 2.45) is 11.7 Å². The van der Waals surface area contributed by atoms with Crippen molar-refractivity contribution in [2.45, 2.75) is 167 Å². The normalized spacial score (nSPS) is 21.2. The van der Waals surface area contributed by atoms with E-state index in [-0.39, 0.29) is 44.9 Å². The van der Waals surface area contributed by atoms with Crippen LogP contribution in [0.1, 0.15) is 136 Å². The van der Waals surface area contributed by atoms with Crippen LogP contribution in [-0.4, -0.2) is 89.2 Å². The van der Waals surface area contributed by atoms with Gasteiger partial charge in [0.25, 0.3) is 0 Å². The van der Waals surface area contributed by atoms with Crippen molar-refractivity contribution in [2.75, 3.05) is 26.4 Å². The number of rotatable bonds is 34. The average Bonchev–Trinajstić information content (AvgIpc) is 3.17. The van der Waals surface area contributed by atoms with Crippen LogP contribution in [0.5, 0.6) is 0 Å². The fraction of sp³-hybridized carbons (Fsp3) is 0.721. The molecular formula is C43H74NO12P. The zero-order valence-electron chi connectivity index (χ0n) is 34.6. The zero-order chi connectivity index (χ0) is 42.0. The summed E-state index contributed by atoms with van der Waals surface area (Å²) >= 11 is 0. The Balaban J connectivity index is 2.47. The Bertz CT molecular complexity index is 1240. The minimum Gasteiger partial charge on any atom is -0.462 e. The maximum Gasteiger partial charge on any atom is 0.472 e. The molecule has 1 aliphatic heterocycles. The second-order valence-corrected chi connectivity index (χ2v) is 15.8. The van der Waals surface area contributed by atoms with Gasteiger partial charge < -0.3 is 40.2 Å². The van der Waals surface area contributed by atoms with Gasteiger partial charge in [-0.1, -0.05) is 113 Å². The molecule has 6 N–H and O–H groups in total. The molecule has 2 unspecified atom stereocenters. The van der Waals surface area contributed by atoms with Crippen LogP contribution in [0.15, 0.2) is 60.8 Å². The molecule has 0 aromatic rings. The fourth-order valence-corrected chi connectivity index (χ4v) is 6.75. The number of phosphoric ester groups is 1. The Morgan fingerprint density at radius 1 is 0.825 bits per heavy atom. The Morgan fingerprint density at radius 3 is 2.23 bits per heavy atom. The molecule has 14 heteroatoms. The van der Waals surface area contributed by atoms with Crippen LogP contribution < -0.4 is 5.73 Å². The first-order chi connectivity index (χ1) is 27.5. The third kappa shape index (κ3) is 29.4. The van der Waals surface area contributed by atoms with E-state index in [1.807, 2.05) is 12.2 Å². The highest BCUT2D eigenvalue weighted by atomic mass is 31.2. The van der Waals surface area contributed by atoms with Gasteiger partial charge in [-0.15, -0.1) is 0 Å². The summed E-state index contributed by atoms with van der Waals surface area (Å²) in [5.41, 5.74) is 5.34. The zero-order valence-corrected chi connectivity index (χ0v) is 35.5. The summed E-state index contributed by atoms with van der Waals surface area (Å²) in [6, 6.07) is 0. The number of aliphatic hydroxyl groups excluding tert-OH is 3. The van der Waals surface area contributed by atoms with Crippen LogP contribution in [0, 0.1) is 5.92 Å². The van der Waals surface area contributed by atoms with E-state index in [4.69, 9.17) is 29.0 Å². The van der Waals surface area contributed by atoms with Crippen LogP contribution in [-0.2, 0) is 37.4 Å². The molecule has 0 aliphatic carbocycles. The lowest BCUT2D eigenvalue weighted by Crippen LogP contribution is -2.43. The van der Waals surface area contributed by atoms with Crippen molar-refractivity contribution < 1.29 is 57.6 Å². The molecule has 57 heavy (non-hydrogen) atoms. The number of unbranched alkanes of at least 4 members (excludes halogenated alkanes) is 8. The summed E-state index contributed by atoms with van der Waals surface area (Å²) in [7, 11) is -4.45. The Morgan fingerprint density at radius 2 is 1.49 bits per heavy atom. The topological polar surface area (TPSA) is 204 Å². The molecule has 0 saturated carbocycles. The SMILES string of the molecule is CC/C=C\C/C=C\C/C=C\CCCCCCCC(=O)O[C@H](COC(=O)CCC/C=C\C[C@H]1[C@@H](O)CC(O)O[C@@H]1/C=C/[C@@H](O)CCCCC)COP(=O)(O)OCCN. The first-order valence-electron chi connectivity index (χ1n) is 21.2. The number of carbonyl (C=O) groups excluding carboxylic acids is 2. The second kappa shape index (κ2) is 34.4. The van der Waals surface area contributed by atoms with Crippen LogP contribution in [0.4, 0.5) is 0 Å². The van der Waals surface area contributed by atoms with Crippen molar-refractivity contribution in [1.29, 1.82) is 0 Å². The number of phosphoric acid groups is 1. The molecule has 0 amide bonds. The highest BCUT2D eigenvalue weighted by Crippen LogP contribution is 2.43. The van der Waals surface area contributed by atoms with Crippen molar-refractivity contribution in [3.05, 3.63) is 60.8 Å². The van der Waals surface area contributed by atoms with Crippen molar-refractivity contribution >= 4 is 19.8 Å². The number of nitrogens with two attached hydrogens (primary N) is 1. The Labute approximate surface area is 342 Å². The van der Waals surface area contributed by atoms with Gasteiger partial charge in [-0.2, -0.15) is 0 Å². The molecule has 0 bridgehead atoms. The second-order valence-electron chi connectivity index (χ2n) is 14.4. The fourth-order valence-electron chi connectivity index (χ4n) is 5.98. The molecule has 1 saturated heterocycles. The molecule has 0 radical (unpaired) electrons. The Kier molecular flexibility index (Phi) is 31.7. The van der Waals surface area contributed by atoms with E-state index >= 15 is 0 Å². The molecule has 1 fully saturated rings. The van der Waals surface area contributed by atoms with Crippen molar-refractivity contribution in [3.8, 4) is 0 Å². The molecule has 13 nitrogen and oxygen atoms in total. The minimum absolute atomic E-state index is 0.00800. The summed E-state index contributed by atoms with van der Waals surface area (Å²) in [4.78, 5) is 35.0. The van der Waals surface area contributed by atoms with E-state index < -0.39 is 57.1 Å². The van der Waals surface area contributed by atoms with Crippen LogP contribution >= 0.6 is 7.82 Å². The van der Waals surface area contributed by atoms with Gasteiger partial charge in [0, 0.05) is 31.7 Å². The van der Waals surface area contributed by atoms with E-state index in [2.05, 4.69) is 50.3 Å². The summed E-state index contributed by atoms with van der Waals surface area (Å²) in [6.07, 6.45) is 30.2. The van der Waals surface area contributed by atoms with E-state index in [0.717, 1.165) is 70.6 Å². The molecule has 7 atom stereocenters. The number of ether oxygens (including phenoxy) is 3. The monoisotopic (exact) mass is 827 g/mol. The first kappa shape index (κ1) is 52.6. The average molecular weight is 828 g/mol. The summed E-state index contributed by atoms with van der Waals surface area (Å²) in [5, 5.41) is 30.9. The van der Waals surface area contributed by atoms with Crippen molar-refractivity contribution in [3.63, 3.8) is 0 Å². The molecule has 0 spiro atoms. The van der Waals surface area contributed by atoms with Gasteiger partial charge in [-0.05, 0) is 64.2 Å². The molecule has 0 aromatic carbocycles. The van der Waals surface area contributed by atoms with Crippen molar-refractivity contribution in [1.82, 2.24) is 0 Å². The van der Waals surface area contributed by atoms with Crippen LogP contribution in [0.3, 0.4) is 0 Å².